The van der Waals surface area contributed by atoms with E-state index >= 15 is 0 Å². The van der Waals surface area contributed by atoms with Crippen LogP contribution in [0, 0.1) is 0 Å². The topological polar surface area (TPSA) is 60.4 Å². The van der Waals surface area contributed by atoms with Crippen LogP contribution < -0.4 is 5.43 Å². The summed E-state index contributed by atoms with van der Waals surface area (Å²) >= 11 is 0. The number of nitrogens with one attached hydrogen (secondary N) is 2. The lowest BCUT2D eigenvalue weighted by Crippen LogP contribution is -2.09. The molecule has 86 valence electrons. The van der Waals surface area contributed by atoms with Gasteiger partial charge >= 0.3 is 0 Å². The van der Waals surface area contributed by atoms with Crippen LogP contribution in [0.25, 0.3) is 0 Å². The summed E-state index contributed by atoms with van der Waals surface area (Å²) in [4.78, 5) is 3.15. The van der Waals surface area contributed by atoms with Gasteiger partial charge in [-0.1, -0.05) is 12.1 Å². The van der Waals surface area contributed by atoms with Gasteiger partial charge in [-0.2, -0.15) is 5.10 Å². The van der Waals surface area contributed by atoms with Gasteiger partial charge in [-0.25, -0.2) is 0 Å². The lowest BCUT2D eigenvalue weighted by atomic mass is 10.0. The van der Waals surface area contributed by atoms with E-state index in [1.54, 1.807) is 12.1 Å². The van der Waals surface area contributed by atoms with Crippen LogP contribution in [0.3, 0.4) is 0 Å². The monoisotopic (exact) mass is 227 g/mol. The van der Waals surface area contributed by atoms with Crippen molar-refractivity contribution in [3.05, 3.63) is 53.9 Å². The minimum absolute atomic E-state index is 0.189. The van der Waals surface area contributed by atoms with Gasteiger partial charge in [0.1, 0.15) is 5.75 Å². The third-order valence-corrected chi connectivity index (χ3v) is 2.96. The molecule has 0 saturated carbocycles. The highest BCUT2D eigenvalue weighted by Crippen LogP contribution is 2.25. The first-order chi connectivity index (χ1) is 8.33. The molecule has 4 nitrogen and oxygen atoms in total. The molecule has 0 aliphatic carbocycles. The van der Waals surface area contributed by atoms with Crippen LogP contribution in [0.4, 0.5) is 0 Å². The van der Waals surface area contributed by atoms with Gasteiger partial charge in [0.2, 0.25) is 0 Å². The summed E-state index contributed by atoms with van der Waals surface area (Å²) < 4.78 is 0. The van der Waals surface area contributed by atoms with E-state index in [4.69, 9.17) is 0 Å². The van der Waals surface area contributed by atoms with Crippen LogP contribution >= 0.6 is 0 Å². The van der Waals surface area contributed by atoms with Crippen molar-refractivity contribution in [3.63, 3.8) is 0 Å². The predicted octanol–water partition coefficient (Wildman–Crippen LogP) is 2.16. The zero-order valence-corrected chi connectivity index (χ0v) is 9.22. The second kappa shape index (κ2) is 3.97. The van der Waals surface area contributed by atoms with Crippen LogP contribution in [0.2, 0.25) is 0 Å². The molecular weight excluding hydrogens is 214 g/mol. The molecule has 1 unspecified atom stereocenters. The summed E-state index contributed by atoms with van der Waals surface area (Å²) in [7, 11) is 0. The maximum Gasteiger partial charge on any atom is 0.115 e. The maximum atomic E-state index is 9.25. The molecule has 3 rings (SSSR count). The highest BCUT2D eigenvalue weighted by atomic mass is 16.3. The Balaban J connectivity index is 1.76. The van der Waals surface area contributed by atoms with Crippen molar-refractivity contribution in [2.75, 3.05) is 0 Å². The van der Waals surface area contributed by atoms with Crippen LogP contribution in [-0.4, -0.2) is 15.8 Å². The molecule has 0 spiro atoms. The summed E-state index contributed by atoms with van der Waals surface area (Å²) in [6.07, 6.45) is 2.75. The maximum absolute atomic E-state index is 9.25. The standard InChI is InChI=1S/C13H13N3O/c17-10-5-3-9(4-6-10)12-8-13(16-15-12)11-2-1-7-14-11/h1-7,12,14-15,17H,8H2. The van der Waals surface area contributed by atoms with Crippen molar-refractivity contribution in [1.82, 2.24) is 10.4 Å². The van der Waals surface area contributed by atoms with E-state index in [1.165, 1.54) is 0 Å². The van der Waals surface area contributed by atoms with Gasteiger partial charge in [0.05, 0.1) is 17.4 Å². The van der Waals surface area contributed by atoms with Crippen molar-refractivity contribution in [2.45, 2.75) is 12.5 Å². The summed E-state index contributed by atoms with van der Waals surface area (Å²) in [6.45, 7) is 0. The summed E-state index contributed by atoms with van der Waals surface area (Å²) in [5.41, 5.74) is 6.34. The molecular formula is C13H13N3O. The van der Waals surface area contributed by atoms with Gasteiger partial charge in [0, 0.05) is 12.6 Å². The predicted molar refractivity (Wildman–Crippen MR) is 65.9 cm³/mol. The second-order valence-corrected chi connectivity index (χ2v) is 4.12. The van der Waals surface area contributed by atoms with Crippen molar-refractivity contribution < 1.29 is 5.11 Å². The minimum atomic E-state index is 0.189. The fourth-order valence-corrected chi connectivity index (χ4v) is 2.02. The number of benzene rings is 1. The molecule has 1 aromatic carbocycles. The van der Waals surface area contributed by atoms with Crippen LogP contribution in [0.5, 0.6) is 5.75 Å². The van der Waals surface area contributed by atoms with Crippen molar-refractivity contribution in [2.24, 2.45) is 5.10 Å². The fourth-order valence-electron chi connectivity index (χ4n) is 2.02. The molecule has 0 fully saturated rings. The van der Waals surface area contributed by atoms with Crippen molar-refractivity contribution in [1.29, 1.82) is 0 Å². The number of hydrazone groups is 1. The van der Waals surface area contributed by atoms with Crippen molar-refractivity contribution >= 4 is 5.71 Å². The minimum Gasteiger partial charge on any atom is -0.508 e. The molecule has 0 amide bonds. The van der Waals surface area contributed by atoms with Crippen LogP contribution in [-0.2, 0) is 0 Å². The van der Waals surface area contributed by atoms with Gasteiger partial charge in [0.15, 0.2) is 0 Å². The Kier molecular flexibility index (Phi) is 2.33. The van der Waals surface area contributed by atoms with E-state index in [9.17, 15) is 5.11 Å². The summed E-state index contributed by atoms with van der Waals surface area (Å²) in [5, 5.41) is 13.6. The second-order valence-electron chi connectivity index (χ2n) is 4.12. The first-order valence-electron chi connectivity index (χ1n) is 5.58. The number of phenols is 1. The van der Waals surface area contributed by atoms with Gasteiger partial charge in [0.25, 0.3) is 0 Å². The van der Waals surface area contributed by atoms with E-state index in [0.29, 0.717) is 0 Å². The Bertz CT molecular complexity index is 528. The molecule has 2 aromatic rings. The molecule has 1 aliphatic rings. The first kappa shape index (κ1) is 9.96. The summed E-state index contributed by atoms with van der Waals surface area (Å²) in [6, 6.07) is 11.4. The van der Waals surface area contributed by atoms with E-state index < -0.39 is 0 Å². The molecule has 4 heteroatoms. The van der Waals surface area contributed by atoms with Gasteiger partial charge < -0.3 is 15.5 Å². The molecule has 1 aromatic heterocycles. The Morgan fingerprint density at radius 1 is 1.18 bits per heavy atom. The van der Waals surface area contributed by atoms with E-state index in [0.717, 1.165) is 23.4 Å². The number of phenolic OH excluding ortho intramolecular Hbond substituents is 1. The third kappa shape index (κ3) is 1.89. The molecule has 0 saturated heterocycles. The average Bonchev–Trinajstić information content (AvgIpc) is 3.00. The van der Waals surface area contributed by atoms with Crippen LogP contribution in [0.1, 0.15) is 23.7 Å². The number of aromatic nitrogens is 1. The highest BCUT2D eigenvalue weighted by Gasteiger charge is 2.21. The van der Waals surface area contributed by atoms with Crippen molar-refractivity contribution in [3.8, 4) is 5.75 Å². The molecule has 2 heterocycles. The Hall–Kier alpha value is -2.23. The molecule has 3 N–H and O–H groups in total. The van der Waals surface area contributed by atoms with Crippen LogP contribution in [0.15, 0.2) is 47.7 Å². The molecule has 1 aliphatic heterocycles. The van der Waals surface area contributed by atoms with E-state index in [1.807, 2.05) is 30.5 Å². The lowest BCUT2D eigenvalue weighted by Gasteiger charge is -2.09. The number of hydrogen-bond donors (Lipinski definition) is 3. The number of hydrogen-bond acceptors (Lipinski definition) is 3. The quantitative estimate of drug-likeness (QED) is 0.736. The van der Waals surface area contributed by atoms with Gasteiger partial charge in [-0.3, -0.25) is 0 Å². The fraction of sp³-hybridized carbons (Fsp3) is 0.154. The highest BCUT2D eigenvalue weighted by molar-refractivity contribution is 6.00. The Morgan fingerprint density at radius 2 is 2.00 bits per heavy atom. The summed E-state index contributed by atoms with van der Waals surface area (Å²) in [5.74, 6) is 0.289. The number of rotatable bonds is 2. The number of nitrogens with zero attached hydrogens (tertiary/aromatic N) is 1. The molecule has 1 atom stereocenters. The van der Waals surface area contributed by atoms with Gasteiger partial charge in [-0.15, -0.1) is 0 Å². The lowest BCUT2D eigenvalue weighted by molar-refractivity contribution is 0.474. The zero-order valence-electron chi connectivity index (χ0n) is 9.22. The SMILES string of the molecule is Oc1ccc(C2CC(c3ccc[nH]3)=NN2)cc1. The molecule has 0 bridgehead atoms. The zero-order chi connectivity index (χ0) is 11.7. The number of aromatic hydroxyl groups is 1. The first-order valence-corrected chi connectivity index (χ1v) is 5.58. The normalized spacial score (nSPS) is 18.8. The number of aromatic amines is 1. The largest absolute Gasteiger partial charge is 0.508 e. The Morgan fingerprint density at radius 3 is 2.71 bits per heavy atom. The third-order valence-electron chi connectivity index (χ3n) is 2.96. The van der Waals surface area contributed by atoms with Gasteiger partial charge in [-0.05, 0) is 29.8 Å². The van der Waals surface area contributed by atoms with E-state index in [2.05, 4.69) is 15.5 Å². The average molecular weight is 227 g/mol. The Labute approximate surface area is 99.0 Å². The smallest absolute Gasteiger partial charge is 0.115 e. The van der Waals surface area contributed by atoms with E-state index in [-0.39, 0.29) is 11.8 Å². The number of H-pyrrole nitrogens is 1. The molecule has 17 heavy (non-hydrogen) atoms. The molecule has 0 radical (unpaired) electrons.